The van der Waals surface area contributed by atoms with Crippen LogP contribution in [0.4, 0.5) is 15.9 Å². The molecule has 0 spiro atoms. The number of hydrogen-bond acceptors (Lipinski definition) is 3. The van der Waals surface area contributed by atoms with Gasteiger partial charge in [0.2, 0.25) is 0 Å². The van der Waals surface area contributed by atoms with Gasteiger partial charge in [-0.05, 0) is 36.4 Å². The average Bonchev–Trinajstić information content (AvgIpc) is 2.57. The molecule has 3 rings (SSSR count). The van der Waals surface area contributed by atoms with Crippen LogP contribution in [0, 0.1) is 5.82 Å². The largest absolute Gasteiger partial charge is 0.321 e. The molecule has 113 valence electrons. The number of carbonyl (C=O) groups is 1. The van der Waals surface area contributed by atoms with Crippen LogP contribution in [0.1, 0.15) is 10.5 Å². The smallest absolute Gasteiger partial charge is 0.278 e. The molecule has 0 bridgehead atoms. The van der Waals surface area contributed by atoms with Crippen LogP contribution in [-0.4, -0.2) is 15.9 Å². The second-order valence-corrected chi connectivity index (χ2v) is 4.78. The second-order valence-electron chi connectivity index (χ2n) is 4.78. The molecule has 5 nitrogen and oxygen atoms in total. The van der Waals surface area contributed by atoms with Crippen molar-refractivity contribution >= 4 is 17.4 Å². The number of carbonyl (C=O) groups excluding carboxylic acids is 1. The van der Waals surface area contributed by atoms with Gasteiger partial charge in [-0.1, -0.05) is 18.2 Å². The lowest BCUT2D eigenvalue weighted by atomic mass is 10.1. The van der Waals surface area contributed by atoms with E-state index in [4.69, 9.17) is 5.73 Å². The number of nitrogens with zero attached hydrogens (tertiary/aromatic N) is 2. The lowest BCUT2D eigenvalue weighted by Gasteiger charge is -2.08. The average molecular weight is 307 g/mol. The monoisotopic (exact) mass is 307 g/mol. The molecule has 6 heteroatoms. The van der Waals surface area contributed by atoms with Gasteiger partial charge in [-0.25, -0.2) is 14.4 Å². The van der Waals surface area contributed by atoms with E-state index < -0.39 is 5.91 Å². The number of halogens is 1. The summed E-state index contributed by atoms with van der Waals surface area (Å²) in [5.41, 5.74) is 9.30. The predicted molar refractivity (Wildman–Crippen MR) is 84.6 cm³/mol. The summed E-state index contributed by atoms with van der Waals surface area (Å²) >= 11 is 0. The minimum Gasteiger partial charge on any atom is -0.321 e. The lowest BCUT2D eigenvalue weighted by Crippen LogP contribution is -2.15. The van der Waals surface area contributed by atoms with E-state index in [1.165, 1.54) is 18.3 Å². The fraction of sp³-hybridized carbons (Fsp3) is 0. The maximum Gasteiger partial charge on any atom is 0.278 e. The summed E-state index contributed by atoms with van der Waals surface area (Å²) in [6.45, 7) is 0. The number of aromatic nitrogens is 2. The molecule has 3 aromatic rings. The molecular weight excluding hydrogens is 295 g/mol. The number of amides is 1. The van der Waals surface area contributed by atoms with Gasteiger partial charge in [0.15, 0.2) is 11.5 Å². The van der Waals surface area contributed by atoms with E-state index in [0.29, 0.717) is 16.9 Å². The SMILES string of the molecule is [NH]c1ncc(-c2ccc(F)cc2)nc1C(=O)Nc1ccccc1. The van der Waals surface area contributed by atoms with Gasteiger partial charge < -0.3 is 5.32 Å². The minimum absolute atomic E-state index is 0.0873. The van der Waals surface area contributed by atoms with E-state index in [2.05, 4.69) is 15.3 Å². The molecule has 23 heavy (non-hydrogen) atoms. The Hall–Kier alpha value is -3.28. The third-order valence-corrected chi connectivity index (χ3v) is 3.16. The summed E-state index contributed by atoms with van der Waals surface area (Å²) in [4.78, 5) is 20.4. The van der Waals surface area contributed by atoms with Crippen LogP contribution < -0.4 is 11.1 Å². The van der Waals surface area contributed by atoms with Crippen LogP contribution in [0.5, 0.6) is 0 Å². The fourth-order valence-electron chi connectivity index (χ4n) is 2.02. The molecular formula is C17H12FN4O. The normalized spacial score (nSPS) is 10.3. The molecule has 0 saturated heterocycles. The Morgan fingerprint density at radius 1 is 1.04 bits per heavy atom. The number of benzene rings is 2. The molecule has 2 aromatic carbocycles. The van der Waals surface area contributed by atoms with Gasteiger partial charge in [0.25, 0.3) is 5.91 Å². The van der Waals surface area contributed by atoms with E-state index in [0.717, 1.165) is 0 Å². The van der Waals surface area contributed by atoms with E-state index in [9.17, 15) is 9.18 Å². The van der Waals surface area contributed by atoms with Crippen LogP contribution in [0.2, 0.25) is 0 Å². The van der Waals surface area contributed by atoms with Crippen molar-refractivity contribution in [2.75, 3.05) is 5.32 Å². The molecule has 0 atom stereocenters. The molecule has 0 aliphatic heterocycles. The zero-order valence-corrected chi connectivity index (χ0v) is 12.0. The Morgan fingerprint density at radius 3 is 2.43 bits per heavy atom. The Labute approximate surface area is 132 Å². The molecule has 1 heterocycles. The van der Waals surface area contributed by atoms with Crippen molar-refractivity contribution in [3.8, 4) is 11.3 Å². The van der Waals surface area contributed by atoms with Crippen LogP contribution >= 0.6 is 0 Å². The van der Waals surface area contributed by atoms with Gasteiger partial charge in [0, 0.05) is 11.3 Å². The topological polar surface area (TPSA) is 78.7 Å². The highest BCUT2D eigenvalue weighted by Crippen LogP contribution is 2.20. The third kappa shape index (κ3) is 3.32. The van der Waals surface area contributed by atoms with Crippen molar-refractivity contribution in [1.82, 2.24) is 15.7 Å². The van der Waals surface area contributed by atoms with Gasteiger partial charge in [0.05, 0.1) is 11.9 Å². The third-order valence-electron chi connectivity index (χ3n) is 3.16. The number of rotatable bonds is 3. The highest BCUT2D eigenvalue weighted by Gasteiger charge is 2.15. The molecule has 1 aromatic heterocycles. The molecule has 1 amide bonds. The van der Waals surface area contributed by atoms with Crippen molar-refractivity contribution in [3.05, 3.63) is 72.3 Å². The summed E-state index contributed by atoms with van der Waals surface area (Å²) in [6.07, 6.45) is 1.38. The summed E-state index contributed by atoms with van der Waals surface area (Å²) in [5.74, 6) is -1.09. The summed E-state index contributed by atoms with van der Waals surface area (Å²) in [5, 5.41) is 2.67. The second kappa shape index (κ2) is 6.23. The van der Waals surface area contributed by atoms with Crippen LogP contribution in [0.15, 0.2) is 60.8 Å². The lowest BCUT2D eigenvalue weighted by molar-refractivity contribution is 0.102. The van der Waals surface area contributed by atoms with Crippen LogP contribution in [-0.2, 0) is 0 Å². The molecule has 2 N–H and O–H groups in total. The molecule has 1 radical (unpaired) electrons. The number of nitrogens with one attached hydrogen (secondary N) is 2. The summed E-state index contributed by atoms with van der Waals surface area (Å²) in [6, 6.07) is 14.6. The Kier molecular flexibility index (Phi) is 3.97. The first-order chi connectivity index (χ1) is 11.1. The first-order valence-electron chi connectivity index (χ1n) is 6.84. The maximum atomic E-state index is 13.0. The summed E-state index contributed by atoms with van der Waals surface area (Å²) in [7, 11) is 0. The van der Waals surface area contributed by atoms with E-state index >= 15 is 0 Å². The molecule has 0 aliphatic rings. The van der Waals surface area contributed by atoms with Gasteiger partial charge >= 0.3 is 0 Å². The molecule has 0 fully saturated rings. The molecule has 0 unspecified atom stereocenters. The highest BCUT2D eigenvalue weighted by atomic mass is 19.1. The Bertz CT molecular complexity index is 835. The standard InChI is InChI=1S/C17H12FN4O/c18-12-8-6-11(7-9-12)14-10-20-16(19)15(22-14)17(23)21-13-4-2-1-3-5-13/h1-10,19H,(H,21,23). The van der Waals surface area contributed by atoms with E-state index in [1.54, 1.807) is 36.4 Å². The zero-order valence-electron chi connectivity index (χ0n) is 12.0. The zero-order chi connectivity index (χ0) is 16.2. The highest BCUT2D eigenvalue weighted by molar-refractivity contribution is 6.05. The van der Waals surface area contributed by atoms with Gasteiger partial charge in [-0.15, -0.1) is 0 Å². The summed E-state index contributed by atoms with van der Waals surface area (Å²) < 4.78 is 13.0. The quantitative estimate of drug-likeness (QED) is 0.805. The van der Waals surface area contributed by atoms with Crippen molar-refractivity contribution in [2.45, 2.75) is 0 Å². The number of para-hydroxylation sites is 1. The van der Waals surface area contributed by atoms with Crippen LogP contribution in [0.25, 0.3) is 11.3 Å². The van der Waals surface area contributed by atoms with Crippen LogP contribution in [0.3, 0.4) is 0 Å². The van der Waals surface area contributed by atoms with Crippen molar-refractivity contribution < 1.29 is 9.18 Å². The van der Waals surface area contributed by atoms with Crippen molar-refractivity contribution in [1.29, 1.82) is 0 Å². The van der Waals surface area contributed by atoms with E-state index in [-0.39, 0.29) is 17.3 Å². The van der Waals surface area contributed by atoms with Crippen molar-refractivity contribution in [3.63, 3.8) is 0 Å². The van der Waals surface area contributed by atoms with Crippen molar-refractivity contribution in [2.24, 2.45) is 0 Å². The fourth-order valence-corrected chi connectivity index (χ4v) is 2.02. The first-order valence-corrected chi connectivity index (χ1v) is 6.84. The minimum atomic E-state index is -0.516. The maximum absolute atomic E-state index is 13.0. The number of hydrogen-bond donors (Lipinski definition) is 1. The van der Waals surface area contributed by atoms with Gasteiger partial charge in [0.1, 0.15) is 5.82 Å². The van der Waals surface area contributed by atoms with Gasteiger partial charge in [-0.2, -0.15) is 0 Å². The molecule has 0 aliphatic carbocycles. The molecule has 0 saturated carbocycles. The number of anilines is 1. The first kappa shape index (κ1) is 14.6. The Balaban J connectivity index is 1.91. The van der Waals surface area contributed by atoms with Gasteiger partial charge in [-0.3, -0.25) is 10.5 Å². The Morgan fingerprint density at radius 2 is 1.74 bits per heavy atom. The predicted octanol–water partition coefficient (Wildman–Crippen LogP) is 3.45. The van der Waals surface area contributed by atoms with E-state index in [1.807, 2.05) is 6.07 Å².